The Morgan fingerprint density at radius 3 is 1.25 bits per heavy atom. The van der Waals surface area contributed by atoms with Crippen LogP contribution in [0.25, 0.3) is 0 Å². The summed E-state index contributed by atoms with van der Waals surface area (Å²) in [6.45, 7) is 0. The molecule has 4 aromatic rings. The van der Waals surface area contributed by atoms with E-state index < -0.39 is 0 Å². The van der Waals surface area contributed by atoms with Gasteiger partial charge in [0.15, 0.2) is 11.5 Å². The number of anilines is 3. The van der Waals surface area contributed by atoms with Crippen LogP contribution in [-0.4, -0.2) is 0 Å². The van der Waals surface area contributed by atoms with E-state index in [9.17, 15) is 0 Å². The van der Waals surface area contributed by atoms with E-state index in [1.807, 2.05) is 78.9 Å². The number of hydrogen-bond acceptors (Lipinski definition) is 6. The van der Waals surface area contributed by atoms with Crippen molar-refractivity contribution in [3.05, 3.63) is 90.5 Å². The summed E-state index contributed by atoms with van der Waals surface area (Å²) in [6, 6.07) is 26.5. The number of benzene rings is 4. The zero-order valence-corrected chi connectivity index (χ0v) is 22.5. The van der Waals surface area contributed by atoms with E-state index in [4.69, 9.17) is 31.4 Å². The Hall–Kier alpha value is -4.32. The van der Waals surface area contributed by atoms with Gasteiger partial charge >= 0.3 is 0 Å². The molecule has 0 saturated heterocycles. The smallest absolute Gasteiger partial charge is 0.173 e. The molecule has 0 aliphatic heterocycles. The van der Waals surface area contributed by atoms with E-state index in [2.05, 4.69) is 6.07 Å². The first-order valence-corrected chi connectivity index (χ1v) is 14.2. The molecule has 4 saturated carbocycles. The van der Waals surface area contributed by atoms with Gasteiger partial charge in [0, 0.05) is 28.7 Å². The lowest BCUT2D eigenvalue weighted by molar-refractivity contribution is -0.00341. The number of hydrogen-bond donors (Lipinski definition) is 3. The minimum Gasteiger partial charge on any atom is -0.457 e. The largest absolute Gasteiger partial charge is 0.457 e. The Kier molecular flexibility index (Phi) is 6.18. The lowest BCUT2D eigenvalue weighted by Gasteiger charge is -2.54. The van der Waals surface area contributed by atoms with Crippen LogP contribution in [0.1, 0.15) is 43.6 Å². The van der Waals surface area contributed by atoms with Gasteiger partial charge in [0.1, 0.15) is 23.0 Å². The maximum absolute atomic E-state index is 6.61. The van der Waals surface area contributed by atoms with Crippen LogP contribution in [0.4, 0.5) is 17.1 Å². The van der Waals surface area contributed by atoms with E-state index in [0.29, 0.717) is 57.8 Å². The van der Waals surface area contributed by atoms with Crippen LogP contribution >= 0.6 is 0 Å². The van der Waals surface area contributed by atoms with Gasteiger partial charge in [-0.1, -0.05) is 0 Å². The molecule has 4 aromatic carbocycles. The van der Waals surface area contributed by atoms with Gasteiger partial charge in [-0.15, -0.1) is 0 Å². The topological polar surface area (TPSA) is 106 Å². The molecule has 0 amide bonds. The monoisotopic (exact) mass is 533 g/mol. The van der Waals surface area contributed by atoms with Crippen LogP contribution in [-0.2, 0) is 0 Å². The maximum atomic E-state index is 6.61. The highest BCUT2D eigenvalue weighted by atomic mass is 16.5. The van der Waals surface area contributed by atoms with E-state index in [1.165, 1.54) is 37.7 Å². The van der Waals surface area contributed by atoms with Crippen molar-refractivity contribution in [1.29, 1.82) is 0 Å². The second-order valence-electron chi connectivity index (χ2n) is 11.8. The number of nitrogens with two attached hydrogens (primary N) is 3. The summed E-state index contributed by atoms with van der Waals surface area (Å²) >= 11 is 0. The zero-order chi connectivity index (χ0) is 27.2. The number of rotatable bonds is 7. The fourth-order valence-corrected chi connectivity index (χ4v) is 7.49. The van der Waals surface area contributed by atoms with Crippen molar-refractivity contribution >= 4 is 17.1 Å². The standard InChI is InChI=1S/C34H35N3O3/c35-24-1-7-27(8-2-24)38-31-19-33(40-29-11-5-26(37)6-12-29)32(39-28-9-3-25(36)4-10-28)18-30(31)34-22-14-20-13-21(16-22)17-23(34)15-20/h1-12,18-23,34H,13-17,35-37H2. The van der Waals surface area contributed by atoms with Crippen molar-refractivity contribution in [2.45, 2.75) is 38.0 Å². The van der Waals surface area contributed by atoms with Crippen LogP contribution in [0.3, 0.4) is 0 Å². The molecule has 40 heavy (non-hydrogen) atoms. The van der Waals surface area contributed by atoms with Crippen LogP contribution in [0.2, 0.25) is 0 Å². The summed E-state index contributed by atoms with van der Waals surface area (Å²) in [6.07, 6.45) is 6.62. The lowest BCUT2D eigenvalue weighted by atomic mass is 9.50. The number of ether oxygens (including phenoxy) is 3. The average molecular weight is 534 g/mol. The molecule has 4 fully saturated rings. The summed E-state index contributed by atoms with van der Waals surface area (Å²) in [5.41, 5.74) is 21.1. The minimum atomic E-state index is 0.427. The molecule has 204 valence electrons. The molecule has 0 atom stereocenters. The first-order chi connectivity index (χ1) is 19.5. The second kappa shape index (κ2) is 10.0. The summed E-state index contributed by atoms with van der Waals surface area (Å²) < 4.78 is 19.5. The molecule has 6 N–H and O–H groups in total. The van der Waals surface area contributed by atoms with Crippen molar-refractivity contribution in [2.75, 3.05) is 17.2 Å². The predicted octanol–water partition coefficient (Wildman–Crippen LogP) is 8.35. The van der Waals surface area contributed by atoms with Gasteiger partial charge < -0.3 is 31.4 Å². The summed E-state index contributed by atoms with van der Waals surface area (Å²) in [7, 11) is 0. The third-order valence-electron chi connectivity index (χ3n) is 8.99. The third kappa shape index (κ3) is 4.90. The molecule has 6 heteroatoms. The van der Waals surface area contributed by atoms with Gasteiger partial charge in [-0.25, -0.2) is 0 Å². The fraction of sp³-hybridized carbons (Fsp3) is 0.294. The van der Waals surface area contributed by atoms with Gasteiger partial charge in [0.2, 0.25) is 0 Å². The Morgan fingerprint density at radius 1 is 0.450 bits per heavy atom. The van der Waals surface area contributed by atoms with Gasteiger partial charge in [0.25, 0.3) is 0 Å². The van der Waals surface area contributed by atoms with Crippen molar-refractivity contribution < 1.29 is 14.2 Å². The molecule has 0 spiro atoms. The number of nitrogen functional groups attached to an aromatic ring is 3. The molecule has 4 aliphatic rings. The second-order valence-corrected chi connectivity index (χ2v) is 11.8. The Bertz CT molecular complexity index is 1470. The van der Waals surface area contributed by atoms with E-state index in [1.54, 1.807) is 0 Å². The first-order valence-electron chi connectivity index (χ1n) is 14.2. The van der Waals surface area contributed by atoms with Crippen molar-refractivity contribution in [3.8, 4) is 34.5 Å². The van der Waals surface area contributed by atoms with E-state index in [-0.39, 0.29) is 0 Å². The van der Waals surface area contributed by atoms with Crippen LogP contribution in [0.15, 0.2) is 84.9 Å². The highest BCUT2D eigenvalue weighted by Crippen LogP contribution is 2.61. The Labute approximate surface area is 235 Å². The van der Waals surface area contributed by atoms with Crippen molar-refractivity contribution in [3.63, 3.8) is 0 Å². The van der Waals surface area contributed by atoms with E-state index >= 15 is 0 Å². The highest BCUT2D eigenvalue weighted by molar-refractivity contribution is 5.57. The van der Waals surface area contributed by atoms with Gasteiger partial charge in [0.05, 0.1) is 0 Å². The quantitative estimate of drug-likeness (QED) is 0.206. The average Bonchev–Trinajstić information content (AvgIpc) is 2.94. The molecule has 4 bridgehead atoms. The third-order valence-corrected chi connectivity index (χ3v) is 8.99. The lowest BCUT2D eigenvalue weighted by Crippen LogP contribution is -2.43. The van der Waals surface area contributed by atoms with Crippen LogP contribution in [0.5, 0.6) is 34.5 Å². The summed E-state index contributed by atoms with van der Waals surface area (Å²) in [4.78, 5) is 0. The summed E-state index contributed by atoms with van der Waals surface area (Å²) in [5, 5.41) is 0. The predicted molar refractivity (Wildman–Crippen MR) is 159 cm³/mol. The fourth-order valence-electron chi connectivity index (χ4n) is 7.49. The Morgan fingerprint density at radius 2 is 0.825 bits per heavy atom. The molecule has 0 aromatic heterocycles. The normalized spacial score (nSPS) is 24.6. The molecule has 0 unspecified atom stereocenters. The SMILES string of the molecule is Nc1ccc(Oc2cc(Oc3ccc(N)cc3)c(C3C4CC5CC(C4)CC3C5)cc2Oc2ccc(N)cc2)cc1. The van der Waals surface area contributed by atoms with E-state index in [0.717, 1.165) is 23.3 Å². The Balaban J connectivity index is 1.34. The van der Waals surface area contributed by atoms with Gasteiger partial charge in [-0.2, -0.15) is 0 Å². The molecular weight excluding hydrogens is 498 g/mol. The summed E-state index contributed by atoms with van der Waals surface area (Å²) in [5.74, 6) is 7.62. The molecule has 8 rings (SSSR count). The van der Waals surface area contributed by atoms with Crippen molar-refractivity contribution in [1.82, 2.24) is 0 Å². The van der Waals surface area contributed by atoms with Crippen LogP contribution in [0, 0.1) is 23.7 Å². The molecule has 0 heterocycles. The van der Waals surface area contributed by atoms with Gasteiger partial charge in [-0.05, 0) is 141 Å². The van der Waals surface area contributed by atoms with Crippen molar-refractivity contribution in [2.24, 2.45) is 23.7 Å². The molecular formula is C34H35N3O3. The molecule has 6 nitrogen and oxygen atoms in total. The van der Waals surface area contributed by atoms with Crippen LogP contribution < -0.4 is 31.4 Å². The first kappa shape index (κ1) is 24.7. The highest BCUT2D eigenvalue weighted by Gasteiger charge is 2.49. The molecule has 0 radical (unpaired) electrons. The zero-order valence-electron chi connectivity index (χ0n) is 22.5. The maximum Gasteiger partial charge on any atom is 0.173 e. The van der Waals surface area contributed by atoms with Gasteiger partial charge in [-0.3, -0.25) is 0 Å². The molecule has 4 aliphatic carbocycles. The minimum absolute atomic E-state index is 0.427.